The molecule has 2 aromatic rings. The molecule has 0 radical (unpaired) electrons. The zero-order chi connectivity index (χ0) is 22.9. The van der Waals surface area contributed by atoms with Gasteiger partial charge in [-0.25, -0.2) is 0 Å². The number of likely N-dealkylation sites (N-methyl/N-ethyl adjacent to an activating group) is 1. The molecule has 8 nitrogen and oxygen atoms in total. The Morgan fingerprint density at radius 2 is 2.00 bits per heavy atom. The van der Waals surface area contributed by atoms with Gasteiger partial charge in [0.1, 0.15) is 11.5 Å². The third-order valence-corrected chi connectivity index (χ3v) is 5.24. The molecule has 2 heterocycles. The molecule has 1 amide bonds. The topological polar surface area (TPSA) is 98.8 Å². The second-order valence-electron chi connectivity index (χ2n) is 8.34. The highest BCUT2D eigenvalue weighted by Gasteiger charge is 2.46. The van der Waals surface area contributed by atoms with Crippen LogP contribution in [0.1, 0.15) is 42.4 Å². The number of hydrogen-bond acceptors (Lipinski definition) is 6. The van der Waals surface area contributed by atoms with Crippen LogP contribution in [0.15, 0.2) is 29.8 Å². The SMILES string of the molecule is Cc1n[nH]c(C)c1C(O)=C1C(=O)C(=O)N(CCN(C)C)C1c1cccc(OC(C)C)c1. The fourth-order valence-corrected chi connectivity index (χ4v) is 3.83. The average Bonchev–Trinajstić information content (AvgIpc) is 3.15. The standard InChI is InChI=1S/C23H30N4O4/c1-13(2)31-17-9-7-8-16(12-17)20-19(21(28)18-14(3)24-25-15(18)4)22(29)23(30)27(20)11-10-26(5)6/h7-9,12-13,20,28H,10-11H2,1-6H3,(H,24,25). The molecule has 1 aliphatic rings. The molecule has 8 heteroatoms. The maximum atomic E-state index is 13.1. The van der Waals surface area contributed by atoms with Crippen LogP contribution in [0.4, 0.5) is 0 Å². The minimum Gasteiger partial charge on any atom is -0.507 e. The number of Topliss-reactive ketones (excluding diaryl/α,β-unsaturated/α-hetero) is 1. The number of likely N-dealkylation sites (tertiary alicyclic amines) is 1. The Hall–Kier alpha value is -3.13. The number of rotatable bonds is 7. The largest absolute Gasteiger partial charge is 0.507 e. The Morgan fingerprint density at radius 3 is 2.58 bits per heavy atom. The number of H-pyrrole nitrogens is 1. The Morgan fingerprint density at radius 1 is 1.29 bits per heavy atom. The van der Waals surface area contributed by atoms with Crippen molar-refractivity contribution in [2.24, 2.45) is 0 Å². The maximum Gasteiger partial charge on any atom is 0.295 e. The van der Waals surface area contributed by atoms with Gasteiger partial charge in [-0.15, -0.1) is 0 Å². The second-order valence-corrected chi connectivity index (χ2v) is 8.34. The van der Waals surface area contributed by atoms with E-state index in [4.69, 9.17) is 4.74 Å². The van der Waals surface area contributed by atoms with Crippen molar-refractivity contribution in [3.8, 4) is 5.75 Å². The van der Waals surface area contributed by atoms with Crippen LogP contribution in [0.5, 0.6) is 5.75 Å². The summed E-state index contributed by atoms with van der Waals surface area (Å²) in [6, 6.07) is 6.60. The quantitative estimate of drug-likeness (QED) is 0.401. The number of carbonyl (C=O) groups excluding carboxylic acids is 2. The third-order valence-electron chi connectivity index (χ3n) is 5.24. The van der Waals surface area contributed by atoms with Gasteiger partial charge in [0.2, 0.25) is 0 Å². The van der Waals surface area contributed by atoms with Gasteiger partial charge in [-0.05, 0) is 59.5 Å². The van der Waals surface area contributed by atoms with Crippen LogP contribution in [-0.2, 0) is 9.59 Å². The lowest BCUT2D eigenvalue weighted by Crippen LogP contribution is -2.35. The fourth-order valence-electron chi connectivity index (χ4n) is 3.83. The number of aromatic amines is 1. The average molecular weight is 427 g/mol. The lowest BCUT2D eigenvalue weighted by molar-refractivity contribution is -0.140. The van der Waals surface area contributed by atoms with Crippen LogP contribution in [0.2, 0.25) is 0 Å². The van der Waals surface area contributed by atoms with Gasteiger partial charge in [-0.2, -0.15) is 5.10 Å². The van der Waals surface area contributed by atoms with Gasteiger partial charge in [-0.1, -0.05) is 12.1 Å². The van der Waals surface area contributed by atoms with Crippen molar-refractivity contribution in [3.05, 3.63) is 52.4 Å². The second kappa shape index (κ2) is 8.93. The van der Waals surface area contributed by atoms with E-state index in [1.807, 2.05) is 57.1 Å². The van der Waals surface area contributed by atoms with Crippen LogP contribution in [0.25, 0.3) is 5.76 Å². The Balaban J connectivity index is 2.17. The molecule has 1 aromatic carbocycles. The van der Waals surface area contributed by atoms with Crippen LogP contribution in [0.3, 0.4) is 0 Å². The number of carbonyl (C=O) groups is 2. The molecule has 0 spiro atoms. The van der Waals surface area contributed by atoms with E-state index in [1.165, 1.54) is 4.90 Å². The molecule has 0 saturated carbocycles. The monoisotopic (exact) mass is 426 g/mol. The van der Waals surface area contributed by atoms with E-state index in [-0.39, 0.29) is 17.4 Å². The number of aryl methyl sites for hydroxylation is 2. The number of aliphatic hydroxyl groups excluding tert-OH is 1. The number of amides is 1. The zero-order valence-corrected chi connectivity index (χ0v) is 18.9. The maximum absolute atomic E-state index is 13.1. The number of hydrogen-bond donors (Lipinski definition) is 2. The van der Waals surface area contributed by atoms with Crippen LogP contribution >= 0.6 is 0 Å². The zero-order valence-electron chi connectivity index (χ0n) is 18.9. The number of ketones is 1. The van der Waals surface area contributed by atoms with Crippen molar-refractivity contribution < 1.29 is 19.4 Å². The van der Waals surface area contributed by atoms with Gasteiger partial charge in [0.05, 0.1) is 29.0 Å². The Kier molecular flexibility index (Phi) is 6.50. The van der Waals surface area contributed by atoms with Crippen molar-refractivity contribution >= 4 is 17.4 Å². The number of nitrogens with one attached hydrogen (secondary N) is 1. The summed E-state index contributed by atoms with van der Waals surface area (Å²) in [7, 11) is 3.81. The summed E-state index contributed by atoms with van der Waals surface area (Å²) in [4.78, 5) is 29.5. The van der Waals surface area contributed by atoms with Crippen LogP contribution < -0.4 is 4.74 Å². The highest BCUT2D eigenvalue weighted by molar-refractivity contribution is 6.46. The summed E-state index contributed by atoms with van der Waals surface area (Å²) in [5.74, 6) is -0.894. The van der Waals surface area contributed by atoms with Crippen LogP contribution in [0, 0.1) is 13.8 Å². The number of ether oxygens (including phenoxy) is 1. The summed E-state index contributed by atoms with van der Waals surface area (Å²) in [5.41, 5.74) is 2.41. The lowest BCUT2D eigenvalue weighted by atomic mass is 9.94. The van der Waals surface area contributed by atoms with Crippen molar-refractivity contribution in [2.45, 2.75) is 39.8 Å². The summed E-state index contributed by atoms with van der Waals surface area (Å²) < 4.78 is 5.82. The first-order valence-corrected chi connectivity index (χ1v) is 10.3. The predicted molar refractivity (Wildman–Crippen MR) is 118 cm³/mol. The Labute approximate surface area is 182 Å². The van der Waals surface area contributed by atoms with E-state index in [1.54, 1.807) is 13.8 Å². The van der Waals surface area contributed by atoms with Crippen molar-refractivity contribution in [1.82, 2.24) is 20.0 Å². The van der Waals surface area contributed by atoms with E-state index < -0.39 is 17.7 Å². The predicted octanol–water partition coefficient (Wildman–Crippen LogP) is 2.80. The highest BCUT2D eigenvalue weighted by Crippen LogP contribution is 2.40. The van der Waals surface area contributed by atoms with Gasteiger partial charge in [0.25, 0.3) is 11.7 Å². The molecule has 0 bridgehead atoms. The summed E-state index contributed by atoms with van der Waals surface area (Å²) >= 11 is 0. The lowest BCUT2D eigenvalue weighted by Gasteiger charge is -2.27. The summed E-state index contributed by atoms with van der Waals surface area (Å²) in [6.45, 7) is 8.30. The molecule has 1 fully saturated rings. The molecule has 1 saturated heterocycles. The minimum absolute atomic E-state index is 0.0217. The number of aliphatic hydroxyl groups is 1. The van der Waals surface area contributed by atoms with E-state index in [2.05, 4.69) is 10.2 Å². The van der Waals surface area contributed by atoms with Crippen molar-refractivity contribution in [3.63, 3.8) is 0 Å². The normalized spacial score (nSPS) is 18.5. The molecule has 0 aliphatic carbocycles. The van der Waals surface area contributed by atoms with E-state index >= 15 is 0 Å². The number of benzene rings is 1. The molecule has 166 valence electrons. The minimum atomic E-state index is -0.718. The summed E-state index contributed by atoms with van der Waals surface area (Å²) in [5, 5.41) is 18.1. The molecular weight excluding hydrogens is 396 g/mol. The van der Waals surface area contributed by atoms with Gasteiger partial charge in [0.15, 0.2) is 0 Å². The molecule has 1 aliphatic heterocycles. The highest BCUT2D eigenvalue weighted by atomic mass is 16.5. The van der Waals surface area contributed by atoms with E-state index in [0.717, 1.165) is 0 Å². The first kappa shape index (κ1) is 22.6. The van der Waals surface area contributed by atoms with Gasteiger partial charge < -0.3 is 19.6 Å². The summed E-state index contributed by atoms with van der Waals surface area (Å²) in [6.07, 6.45) is -0.0217. The van der Waals surface area contributed by atoms with E-state index in [9.17, 15) is 14.7 Å². The number of nitrogens with zero attached hydrogens (tertiary/aromatic N) is 3. The van der Waals surface area contributed by atoms with Gasteiger partial charge in [-0.3, -0.25) is 14.7 Å². The van der Waals surface area contributed by atoms with Crippen molar-refractivity contribution in [1.29, 1.82) is 0 Å². The fraction of sp³-hybridized carbons (Fsp3) is 0.435. The molecule has 1 unspecified atom stereocenters. The molecule has 1 aromatic heterocycles. The molecular formula is C23H30N4O4. The third kappa shape index (κ3) is 4.49. The molecule has 3 rings (SSSR count). The van der Waals surface area contributed by atoms with Gasteiger partial charge >= 0.3 is 0 Å². The first-order chi connectivity index (χ1) is 14.6. The smallest absolute Gasteiger partial charge is 0.295 e. The van der Waals surface area contributed by atoms with E-state index in [0.29, 0.717) is 41.4 Å². The van der Waals surface area contributed by atoms with Gasteiger partial charge in [0, 0.05) is 18.8 Å². The Bertz CT molecular complexity index is 1000. The molecule has 2 N–H and O–H groups in total. The number of aromatic nitrogens is 2. The molecule has 31 heavy (non-hydrogen) atoms. The molecule has 1 atom stereocenters. The van der Waals surface area contributed by atoms with Crippen LogP contribution in [-0.4, -0.2) is 70.1 Å². The first-order valence-electron chi connectivity index (χ1n) is 10.3. The van der Waals surface area contributed by atoms with Crippen molar-refractivity contribution in [2.75, 3.05) is 27.2 Å².